The third-order valence-corrected chi connectivity index (χ3v) is 7.21. The molecule has 35 heavy (non-hydrogen) atoms. The summed E-state index contributed by atoms with van der Waals surface area (Å²) >= 11 is 0. The summed E-state index contributed by atoms with van der Waals surface area (Å²) in [6.07, 6.45) is 4.10. The first-order valence-corrected chi connectivity index (χ1v) is 11.6. The highest BCUT2D eigenvalue weighted by molar-refractivity contribution is 6.63. The smallest absolute Gasteiger partial charge is 0.465 e. The quantitative estimate of drug-likeness (QED) is 0.476. The highest BCUT2D eigenvalue weighted by Gasteiger charge is 2.52. The number of ether oxygens (including phenoxy) is 1. The lowest BCUT2D eigenvalue weighted by atomic mass is 9.75. The van der Waals surface area contributed by atoms with Gasteiger partial charge in [0.15, 0.2) is 5.82 Å². The van der Waals surface area contributed by atoms with Crippen LogP contribution in [-0.2, 0) is 14.0 Å². The highest BCUT2D eigenvalue weighted by Crippen LogP contribution is 2.38. The minimum absolute atomic E-state index is 0.115. The maximum Gasteiger partial charge on any atom is 0.495 e. The molecule has 0 radical (unpaired) electrons. The van der Waals surface area contributed by atoms with E-state index in [1.54, 1.807) is 29.1 Å². The molecule has 2 aromatic rings. The Kier molecular flexibility index (Phi) is 6.38. The van der Waals surface area contributed by atoms with Gasteiger partial charge in [-0.15, -0.1) is 0 Å². The molecule has 1 saturated heterocycles. The number of nitrogens with one attached hydrogen (secondary N) is 1. The highest BCUT2D eigenvalue weighted by atomic mass is 16.7. The lowest BCUT2D eigenvalue weighted by Crippen LogP contribution is -2.41. The van der Waals surface area contributed by atoms with Crippen molar-refractivity contribution >= 4 is 36.0 Å². The van der Waals surface area contributed by atoms with Gasteiger partial charge < -0.3 is 25.1 Å². The van der Waals surface area contributed by atoms with Gasteiger partial charge in [-0.1, -0.05) is 0 Å². The van der Waals surface area contributed by atoms with Crippen molar-refractivity contribution in [1.82, 2.24) is 9.78 Å². The molecule has 1 aliphatic heterocycles. The van der Waals surface area contributed by atoms with Gasteiger partial charge in [-0.3, -0.25) is 9.48 Å². The number of amides is 1. The van der Waals surface area contributed by atoms with E-state index < -0.39 is 30.2 Å². The Hall–Kier alpha value is -3.36. The summed E-state index contributed by atoms with van der Waals surface area (Å²) in [7, 11) is 0.505. The lowest BCUT2D eigenvalue weighted by Gasteiger charge is -2.32. The van der Waals surface area contributed by atoms with E-state index >= 15 is 0 Å². The van der Waals surface area contributed by atoms with E-state index in [1.165, 1.54) is 7.11 Å². The Morgan fingerprint density at radius 2 is 1.91 bits per heavy atom. The van der Waals surface area contributed by atoms with Crippen LogP contribution >= 0.6 is 0 Å². The van der Waals surface area contributed by atoms with Gasteiger partial charge >= 0.3 is 13.1 Å². The number of nitriles is 1. The van der Waals surface area contributed by atoms with Crippen molar-refractivity contribution in [2.24, 2.45) is 11.7 Å². The molecular weight excluding hydrogens is 449 g/mol. The van der Waals surface area contributed by atoms with Crippen LogP contribution < -0.4 is 16.5 Å². The van der Waals surface area contributed by atoms with Gasteiger partial charge in [0, 0.05) is 11.9 Å². The maximum absolute atomic E-state index is 12.5. The predicted molar refractivity (Wildman–Crippen MR) is 130 cm³/mol. The molecule has 0 spiro atoms. The minimum Gasteiger partial charge on any atom is -0.465 e. The third-order valence-electron chi connectivity index (χ3n) is 7.21. The van der Waals surface area contributed by atoms with Crippen molar-refractivity contribution < 1.29 is 23.6 Å². The van der Waals surface area contributed by atoms with Crippen LogP contribution in [0.5, 0.6) is 0 Å². The molecule has 1 unspecified atom stereocenters. The molecule has 184 valence electrons. The van der Waals surface area contributed by atoms with Gasteiger partial charge in [-0.2, -0.15) is 10.4 Å². The fourth-order valence-electron chi connectivity index (χ4n) is 4.48. The summed E-state index contributed by atoms with van der Waals surface area (Å²) in [6, 6.07) is 7.21. The molecule has 1 aromatic heterocycles. The van der Waals surface area contributed by atoms with Crippen LogP contribution in [0.2, 0.25) is 0 Å². The van der Waals surface area contributed by atoms with E-state index in [9.17, 15) is 14.9 Å². The molecule has 2 aliphatic rings. The number of primary amides is 1. The SMILES string of the molecule is COC(=O)c1ccc(Nc2nn([C@H]3CCCC3C#N)cc2C(N)=O)cc1B1OC(C)(C)C(C)(C)O1. The zero-order valence-corrected chi connectivity index (χ0v) is 20.6. The molecule has 2 heterocycles. The van der Waals surface area contributed by atoms with E-state index in [1.807, 2.05) is 27.7 Å². The Labute approximate surface area is 204 Å². The van der Waals surface area contributed by atoms with Crippen LogP contribution in [-0.4, -0.2) is 47.1 Å². The van der Waals surface area contributed by atoms with Crippen LogP contribution in [0.15, 0.2) is 24.4 Å². The second-order valence-electron chi connectivity index (χ2n) is 9.98. The number of anilines is 2. The van der Waals surface area contributed by atoms with Gasteiger partial charge in [0.2, 0.25) is 0 Å². The zero-order chi connectivity index (χ0) is 25.5. The van der Waals surface area contributed by atoms with Crippen molar-refractivity contribution in [1.29, 1.82) is 5.26 Å². The summed E-state index contributed by atoms with van der Waals surface area (Å²) in [5.74, 6) is -1.06. The Morgan fingerprint density at radius 3 is 2.51 bits per heavy atom. The number of nitrogens with zero attached hydrogens (tertiary/aromatic N) is 3. The number of nitrogens with two attached hydrogens (primary N) is 1. The average molecular weight is 479 g/mol. The topological polar surface area (TPSA) is 141 Å². The van der Waals surface area contributed by atoms with Gasteiger partial charge in [0.1, 0.15) is 5.56 Å². The first-order chi connectivity index (χ1) is 16.5. The van der Waals surface area contributed by atoms with Gasteiger partial charge in [0.25, 0.3) is 5.91 Å². The minimum atomic E-state index is -0.807. The van der Waals surface area contributed by atoms with E-state index in [4.69, 9.17) is 19.8 Å². The first-order valence-electron chi connectivity index (χ1n) is 11.6. The van der Waals surface area contributed by atoms with Gasteiger partial charge in [-0.05, 0) is 70.6 Å². The van der Waals surface area contributed by atoms with Crippen molar-refractivity contribution in [2.45, 2.75) is 64.2 Å². The van der Waals surface area contributed by atoms with Crippen LogP contribution in [0, 0.1) is 17.2 Å². The molecule has 2 fully saturated rings. The molecule has 11 heteroatoms. The second-order valence-corrected chi connectivity index (χ2v) is 9.98. The number of aromatic nitrogens is 2. The number of carbonyl (C=O) groups excluding carboxylic acids is 2. The molecule has 2 atom stereocenters. The van der Waals surface area contributed by atoms with E-state index in [-0.39, 0.29) is 23.3 Å². The number of carbonyl (C=O) groups is 2. The lowest BCUT2D eigenvalue weighted by molar-refractivity contribution is 0.00578. The molecule has 10 nitrogen and oxygen atoms in total. The third kappa shape index (κ3) is 4.51. The number of hydrogen-bond donors (Lipinski definition) is 2. The predicted octanol–water partition coefficient (Wildman–Crippen LogP) is 2.68. The number of esters is 1. The Balaban J connectivity index is 1.70. The maximum atomic E-state index is 12.5. The van der Waals surface area contributed by atoms with E-state index in [2.05, 4.69) is 16.5 Å². The summed E-state index contributed by atoms with van der Waals surface area (Å²) in [6.45, 7) is 7.71. The van der Waals surface area contributed by atoms with Crippen LogP contribution in [0.3, 0.4) is 0 Å². The monoisotopic (exact) mass is 479 g/mol. The number of methoxy groups -OCH3 is 1. The Morgan fingerprint density at radius 1 is 1.23 bits per heavy atom. The number of rotatable bonds is 6. The van der Waals surface area contributed by atoms with Gasteiger partial charge in [-0.25, -0.2) is 4.79 Å². The summed E-state index contributed by atoms with van der Waals surface area (Å²) in [5.41, 5.74) is 5.97. The second kappa shape index (κ2) is 9.02. The van der Waals surface area contributed by atoms with Crippen molar-refractivity contribution in [3.8, 4) is 6.07 Å². The summed E-state index contributed by atoms with van der Waals surface area (Å²) in [5, 5.41) is 17.2. The number of benzene rings is 1. The van der Waals surface area contributed by atoms with E-state index in [0.717, 1.165) is 19.3 Å². The molecule has 3 N–H and O–H groups in total. The molecule has 4 rings (SSSR count). The molecule has 0 bridgehead atoms. The van der Waals surface area contributed by atoms with Crippen molar-refractivity contribution in [3.05, 3.63) is 35.5 Å². The molecule has 1 aromatic carbocycles. The number of hydrogen-bond acceptors (Lipinski definition) is 8. The van der Waals surface area contributed by atoms with Crippen molar-refractivity contribution in [3.63, 3.8) is 0 Å². The largest absolute Gasteiger partial charge is 0.495 e. The van der Waals surface area contributed by atoms with Gasteiger partial charge in [0.05, 0.1) is 41.9 Å². The summed E-state index contributed by atoms with van der Waals surface area (Å²) in [4.78, 5) is 24.6. The van der Waals surface area contributed by atoms with Crippen LogP contribution in [0.1, 0.15) is 73.7 Å². The zero-order valence-electron chi connectivity index (χ0n) is 20.6. The normalized spacial score (nSPS) is 22.6. The van der Waals surface area contributed by atoms with Crippen molar-refractivity contribution in [2.75, 3.05) is 12.4 Å². The summed E-state index contributed by atoms with van der Waals surface area (Å²) < 4.78 is 18.9. The average Bonchev–Trinajstić information content (AvgIpc) is 3.49. The molecule has 1 saturated carbocycles. The first kappa shape index (κ1) is 24.8. The molecule has 1 amide bonds. The fourth-order valence-corrected chi connectivity index (χ4v) is 4.48. The molecular formula is C24H30BN5O5. The van der Waals surface area contributed by atoms with Crippen LogP contribution in [0.25, 0.3) is 0 Å². The molecule has 1 aliphatic carbocycles. The van der Waals surface area contributed by atoms with E-state index in [0.29, 0.717) is 16.7 Å². The Bertz CT molecular complexity index is 1190. The van der Waals surface area contributed by atoms with Crippen LogP contribution in [0.4, 0.5) is 11.5 Å². The fraction of sp³-hybridized carbons (Fsp3) is 0.500. The standard InChI is InChI=1S/C24H30BN5O5/c1-23(2)24(3,4)35-25(34-23)18-11-15(9-10-16(18)22(32)33-5)28-21-17(20(27)31)13-30(29-21)19-8-6-7-14(19)12-26/h9-11,13-14,19H,6-8H2,1-5H3,(H2,27,31)(H,28,29)/t14?,19-/m0/s1.